The van der Waals surface area contributed by atoms with Crippen LogP contribution in [0.3, 0.4) is 0 Å². The maximum atomic E-state index is 13.0. The smallest absolute Gasteiger partial charge is 0.320 e. The maximum Gasteiger partial charge on any atom is 0.320 e. The van der Waals surface area contributed by atoms with Gasteiger partial charge < -0.3 is 25.7 Å². The van der Waals surface area contributed by atoms with E-state index in [4.69, 9.17) is 15.9 Å². The van der Waals surface area contributed by atoms with Crippen LogP contribution in [-0.2, 0) is 19.5 Å². The molecule has 0 aliphatic carbocycles. The number of fused-ring (bicyclic) bond motifs is 1. The van der Waals surface area contributed by atoms with Crippen molar-refractivity contribution in [2.75, 3.05) is 45.6 Å². The second-order valence-corrected chi connectivity index (χ2v) is 7.77. The summed E-state index contributed by atoms with van der Waals surface area (Å²) in [6.45, 7) is 5.21. The van der Waals surface area contributed by atoms with Gasteiger partial charge in [-0.1, -0.05) is 12.1 Å². The molecule has 2 aliphatic rings. The van der Waals surface area contributed by atoms with Crippen molar-refractivity contribution in [3.8, 4) is 5.75 Å². The third-order valence-corrected chi connectivity index (χ3v) is 5.96. The number of methoxy groups -OCH3 is 1. The molecule has 0 saturated carbocycles. The highest BCUT2D eigenvalue weighted by atomic mass is 16.5. The Morgan fingerprint density at radius 1 is 1.17 bits per heavy atom. The number of amides is 2. The normalized spacial score (nSPS) is 16.8. The van der Waals surface area contributed by atoms with Gasteiger partial charge in [0.15, 0.2) is 0 Å². The highest BCUT2D eigenvalue weighted by Gasteiger charge is 2.29. The first kappa shape index (κ1) is 20.2. The Hall–Kier alpha value is -3.13. The van der Waals surface area contributed by atoms with Crippen LogP contribution in [0.2, 0.25) is 0 Å². The molecule has 0 bridgehead atoms. The molecule has 158 valence electrons. The standard InChI is InChI=1S/C22H28N6O2/c1-30-18-4-2-16(3-5-18)14-26-8-10-27(11-9-26)22(29)28-7-6-19-17(15-28)13-25-21(24)20(19)12-23/h2-5,12-13,23H,6-11,14-15H2,1H3,(H2,24,25). The van der Waals surface area contributed by atoms with E-state index >= 15 is 0 Å². The van der Waals surface area contributed by atoms with Gasteiger partial charge in [0, 0.05) is 63.8 Å². The lowest BCUT2D eigenvalue weighted by Crippen LogP contribution is -2.53. The van der Waals surface area contributed by atoms with Crippen molar-refractivity contribution in [3.63, 3.8) is 0 Å². The van der Waals surface area contributed by atoms with Gasteiger partial charge in [0.25, 0.3) is 0 Å². The number of piperazine rings is 1. The average molecular weight is 409 g/mol. The minimum atomic E-state index is 0.0815. The summed E-state index contributed by atoms with van der Waals surface area (Å²) in [4.78, 5) is 23.4. The van der Waals surface area contributed by atoms with Gasteiger partial charge >= 0.3 is 6.03 Å². The number of nitrogens with two attached hydrogens (primary N) is 1. The number of carbonyl (C=O) groups is 1. The molecule has 2 amide bonds. The summed E-state index contributed by atoms with van der Waals surface area (Å²) in [7, 11) is 1.67. The highest BCUT2D eigenvalue weighted by molar-refractivity contribution is 5.86. The molecule has 0 atom stereocenters. The maximum absolute atomic E-state index is 13.0. The molecule has 3 N–H and O–H groups in total. The van der Waals surface area contributed by atoms with Crippen LogP contribution < -0.4 is 10.5 Å². The molecule has 0 spiro atoms. The number of nitrogen functional groups attached to an aromatic ring is 1. The summed E-state index contributed by atoms with van der Waals surface area (Å²) < 4.78 is 5.21. The van der Waals surface area contributed by atoms with Crippen LogP contribution in [0.1, 0.15) is 22.3 Å². The first-order valence-electron chi connectivity index (χ1n) is 10.2. The lowest BCUT2D eigenvalue weighted by molar-refractivity contribution is 0.106. The average Bonchev–Trinajstić information content (AvgIpc) is 2.79. The number of urea groups is 1. The summed E-state index contributed by atoms with van der Waals surface area (Å²) in [5.41, 5.74) is 9.85. The number of carbonyl (C=O) groups excluding carboxylic acids is 1. The lowest BCUT2D eigenvalue weighted by Gasteiger charge is -2.39. The third kappa shape index (κ3) is 4.09. The van der Waals surface area contributed by atoms with E-state index in [0.717, 1.165) is 49.6 Å². The van der Waals surface area contributed by atoms with Gasteiger partial charge in [-0.15, -0.1) is 0 Å². The zero-order valence-corrected chi connectivity index (χ0v) is 17.3. The number of nitrogens with zero attached hydrogens (tertiary/aromatic N) is 4. The van der Waals surface area contributed by atoms with E-state index in [1.807, 2.05) is 21.9 Å². The number of benzene rings is 1. The van der Waals surface area contributed by atoms with Crippen LogP contribution in [0, 0.1) is 5.41 Å². The van der Waals surface area contributed by atoms with Gasteiger partial charge in [-0.2, -0.15) is 0 Å². The van der Waals surface area contributed by atoms with Crippen molar-refractivity contribution < 1.29 is 9.53 Å². The lowest BCUT2D eigenvalue weighted by atomic mass is 9.97. The first-order chi connectivity index (χ1) is 14.6. The first-order valence-corrected chi connectivity index (χ1v) is 10.2. The van der Waals surface area contributed by atoms with Gasteiger partial charge in [0.05, 0.1) is 7.11 Å². The summed E-state index contributed by atoms with van der Waals surface area (Å²) >= 11 is 0. The van der Waals surface area contributed by atoms with Crippen LogP contribution in [-0.4, -0.2) is 71.8 Å². The molecular formula is C22H28N6O2. The molecule has 8 heteroatoms. The Bertz CT molecular complexity index is 922. The van der Waals surface area contributed by atoms with Crippen molar-refractivity contribution >= 4 is 18.1 Å². The van der Waals surface area contributed by atoms with Gasteiger partial charge in [-0.25, -0.2) is 9.78 Å². The van der Waals surface area contributed by atoms with Gasteiger partial charge in [-0.3, -0.25) is 4.90 Å². The SMILES string of the molecule is COc1ccc(CN2CCN(C(=O)N3CCc4c(cnc(N)c4C=N)C3)CC2)cc1. The van der Waals surface area contributed by atoms with Crippen molar-refractivity contribution in [2.45, 2.75) is 19.5 Å². The minimum Gasteiger partial charge on any atom is -0.497 e. The van der Waals surface area contributed by atoms with E-state index in [1.54, 1.807) is 13.3 Å². The molecule has 0 unspecified atom stereocenters. The number of nitrogens with one attached hydrogen (secondary N) is 1. The number of hydrogen-bond donors (Lipinski definition) is 2. The van der Waals surface area contributed by atoms with Crippen LogP contribution in [0.4, 0.5) is 10.6 Å². The fraction of sp³-hybridized carbons (Fsp3) is 0.409. The van der Waals surface area contributed by atoms with Crippen LogP contribution >= 0.6 is 0 Å². The number of rotatable bonds is 4. The van der Waals surface area contributed by atoms with Gasteiger partial charge in [0.1, 0.15) is 11.6 Å². The topological polar surface area (TPSA) is 98.8 Å². The van der Waals surface area contributed by atoms with Crippen molar-refractivity contribution in [1.29, 1.82) is 5.41 Å². The fourth-order valence-corrected chi connectivity index (χ4v) is 4.20. The van der Waals surface area contributed by atoms with Crippen molar-refractivity contribution in [3.05, 3.63) is 52.7 Å². The number of anilines is 1. The van der Waals surface area contributed by atoms with E-state index < -0.39 is 0 Å². The number of hydrogen-bond acceptors (Lipinski definition) is 6. The highest BCUT2D eigenvalue weighted by Crippen LogP contribution is 2.25. The minimum absolute atomic E-state index is 0.0815. The molecule has 1 saturated heterocycles. The fourth-order valence-electron chi connectivity index (χ4n) is 4.20. The summed E-state index contributed by atoms with van der Waals surface area (Å²) in [6, 6.07) is 8.22. The van der Waals surface area contributed by atoms with Crippen LogP contribution in [0.25, 0.3) is 0 Å². The predicted octanol–water partition coefficient (Wildman–Crippen LogP) is 1.97. The van der Waals surface area contributed by atoms with E-state index in [2.05, 4.69) is 22.0 Å². The number of pyridine rings is 1. The van der Waals surface area contributed by atoms with Gasteiger partial charge in [0.2, 0.25) is 0 Å². The van der Waals surface area contributed by atoms with Crippen molar-refractivity contribution in [2.24, 2.45) is 0 Å². The zero-order chi connectivity index (χ0) is 21.1. The second kappa shape index (κ2) is 8.71. The third-order valence-electron chi connectivity index (χ3n) is 5.96. The Balaban J connectivity index is 1.33. The molecule has 30 heavy (non-hydrogen) atoms. The molecule has 2 aromatic rings. The van der Waals surface area contributed by atoms with Crippen molar-refractivity contribution in [1.82, 2.24) is 19.7 Å². The molecule has 1 fully saturated rings. The molecule has 3 heterocycles. The molecule has 1 aromatic heterocycles. The molecule has 8 nitrogen and oxygen atoms in total. The zero-order valence-electron chi connectivity index (χ0n) is 17.3. The Labute approximate surface area is 176 Å². The Morgan fingerprint density at radius 3 is 2.57 bits per heavy atom. The van der Waals surface area contributed by atoms with Gasteiger partial charge in [-0.05, 0) is 35.2 Å². The molecule has 1 aromatic carbocycles. The van der Waals surface area contributed by atoms with E-state index in [-0.39, 0.29) is 6.03 Å². The monoisotopic (exact) mass is 408 g/mol. The second-order valence-electron chi connectivity index (χ2n) is 7.77. The predicted molar refractivity (Wildman–Crippen MR) is 116 cm³/mol. The number of ether oxygens (including phenoxy) is 1. The summed E-state index contributed by atoms with van der Waals surface area (Å²) in [6.07, 6.45) is 3.71. The molecule has 2 aliphatic heterocycles. The quantitative estimate of drug-likeness (QED) is 0.754. The number of aromatic nitrogens is 1. The van der Waals surface area contributed by atoms with E-state index in [1.165, 1.54) is 11.8 Å². The Kier molecular flexibility index (Phi) is 5.85. The summed E-state index contributed by atoms with van der Waals surface area (Å²) in [5, 5.41) is 7.59. The van der Waals surface area contributed by atoms with Crippen LogP contribution in [0.15, 0.2) is 30.5 Å². The van der Waals surface area contributed by atoms with E-state index in [0.29, 0.717) is 30.9 Å². The van der Waals surface area contributed by atoms with E-state index in [9.17, 15) is 4.79 Å². The molecule has 0 radical (unpaired) electrons. The Morgan fingerprint density at radius 2 is 1.90 bits per heavy atom. The van der Waals surface area contributed by atoms with Crippen LogP contribution in [0.5, 0.6) is 5.75 Å². The summed E-state index contributed by atoms with van der Waals surface area (Å²) in [5.74, 6) is 1.25. The molecular weight excluding hydrogens is 380 g/mol. The molecule has 4 rings (SSSR count). The largest absolute Gasteiger partial charge is 0.497 e.